The normalized spacial score (nSPS) is 17.8. The van der Waals surface area contributed by atoms with Crippen LogP contribution in [0, 0.1) is 10.1 Å². The number of hydrogen-bond donors (Lipinski definition) is 0. The minimum Gasteiger partial charge on any atom is -0.355 e. The number of hydrogen-bond acceptors (Lipinski definition) is 6. The molecule has 0 amide bonds. The van der Waals surface area contributed by atoms with Crippen molar-refractivity contribution in [3.05, 3.63) is 52.1 Å². The summed E-state index contributed by atoms with van der Waals surface area (Å²) in [6.45, 7) is 0.726. The number of aryl methyl sites for hydroxylation is 1. The Hall–Kier alpha value is -1.93. The standard InChI is InChI=1S/C17H20N2O4S2/c1-25(22,23)16-12-15(19(20)21)17(24-16)18-11-5-8-14(18)10-9-13-6-3-2-4-7-13/h2-4,6-7,12,14H,5,8-11H2,1H3. The highest BCUT2D eigenvalue weighted by Gasteiger charge is 2.33. The molecule has 0 aliphatic carbocycles. The van der Waals surface area contributed by atoms with E-state index in [1.54, 1.807) is 0 Å². The summed E-state index contributed by atoms with van der Waals surface area (Å²) in [5.41, 5.74) is 1.14. The van der Waals surface area contributed by atoms with Gasteiger partial charge in [0.1, 0.15) is 4.21 Å². The van der Waals surface area contributed by atoms with Gasteiger partial charge in [0.25, 0.3) is 0 Å². The third kappa shape index (κ3) is 4.01. The van der Waals surface area contributed by atoms with E-state index in [2.05, 4.69) is 12.1 Å². The summed E-state index contributed by atoms with van der Waals surface area (Å²) in [6, 6.07) is 11.5. The molecule has 1 aliphatic heterocycles. The summed E-state index contributed by atoms with van der Waals surface area (Å²) >= 11 is 1.01. The van der Waals surface area contributed by atoms with Gasteiger partial charge >= 0.3 is 5.69 Å². The Labute approximate surface area is 151 Å². The summed E-state index contributed by atoms with van der Waals surface area (Å²) in [5, 5.41) is 11.9. The van der Waals surface area contributed by atoms with Crippen LogP contribution in [0.25, 0.3) is 0 Å². The molecule has 0 radical (unpaired) electrons. The Balaban J connectivity index is 1.84. The SMILES string of the molecule is CS(=O)(=O)c1cc([N+](=O)[O-])c(N2CCCC2CCc2ccccc2)s1. The topological polar surface area (TPSA) is 80.5 Å². The molecule has 0 bridgehead atoms. The van der Waals surface area contributed by atoms with E-state index in [1.807, 2.05) is 23.1 Å². The van der Waals surface area contributed by atoms with Crippen LogP contribution >= 0.6 is 11.3 Å². The van der Waals surface area contributed by atoms with Gasteiger partial charge in [-0.3, -0.25) is 10.1 Å². The zero-order valence-electron chi connectivity index (χ0n) is 13.9. The zero-order chi connectivity index (χ0) is 18.0. The lowest BCUT2D eigenvalue weighted by molar-refractivity contribution is -0.383. The quantitative estimate of drug-likeness (QED) is 0.564. The second kappa shape index (κ2) is 7.13. The lowest BCUT2D eigenvalue weighted by atomic mass is 10.0. The van der Waals surface area contributed by atoms with E-state index in [1.165, 1.54) is 11.6 Å². The molecule has 8 heteroatoms. The fraction of sp³-hybridized carbons (Fsp3) is 0.412. The highest BCUT2D eigenvalue weighted by molar-refractivity contribution is 7.92. The minimum atomic E-state index is -3.45. The molecule has 1 fully saturated rings. The molecule has 1 aliphatic rings. The smallest absolute Gasteiger partial charge is 0.305 e. The van der Waals surface area contributed by atoms with Crippen molar-refractivity contribution in [2.75, 3.05) is 17.7 Å². The fourth-order valence-corrected chi connectivity index (χ4v) is 5.38. The molecule has 1 aromatic carbocycles. The van der Waals surface area contributed by atoms with Gasteiger partial charge < -0.3 is 4.90 Å². The van der Waals surface area contributed by atoms with Gasteiger partial charge in [-0.05, 0) is 31.2 Å². The van der Waals surface area contributed by atoms with Gasteiger partial charge in [0.15, 0.2) is 14.8 Å². The molecule has 1 atom stereocenters. The first-order valence-electron chi connectivity index (χ1n) is 8.15. The van der Waals surface area contributed by atoms with E-state index in [0.717, 1.165) is 49.8 Å². The van der Waals surface area contributed by atoms with Gasteiger partial charge in [-0.15, -0.1) is 0 Å². The maximum Gasteiger partial charge on any atom is 0.305 e. The highest BCUT2D eigenvalue weighted by Crippen LogP contribution is 2.43. The van der Waals surface area contributed by atoms with E-state index in [-0.39, 0.29) is 15.9 Å². The van der Waals surface area contributed by atoms with Crippen molar-refractivity contribution < 1.29 is 13.3 Å². The van der Waals surface area contributed by atoms with Crippen molar-refractivity contribution in [1.82, 2.24) is 0 Å². The van der Waals surface area contributed by atoms with Crippen molar-refractivity contribution in [2.45, 2.75) is 35.9 Å². The van der Waals surface area contributed by atoms with Crippen LogP contribution in [-0.4, -0.2) is 32.2 Å². The second-order valence-electron chi connectivity index (χ2n) is 6.30. The van der Waals surface area contributed by atoms with Crippen LogP contribution in [0.2, 0.25) is 0 Å². The first-order valence-corrected chi connectivity index (χ1v) is 10.9. The third-order valence-electron chi connectivity index (χ3n) is 4.48. The number of sulfone groups is 1. The van der Waals surface area contributed by atoms with Gasteiger partial charge in [0.2, 0.25) is 0 Å². The van der Waals surface area contributed by atoms with Gasteiger partial charge in [0.05, 0.1) is 4.92 Å². The maximum atomic E-state index is 11.8. The molecule has 2 aromatic rings. The number of rotatable bonds is 6. The summed E-state index contributed by atoms with van der Waals surface area (Å²) < 4.78 is 23.7. The van der Waals surface area contributed by atoms with E-state index in [4.69, 9.17) is 0 Å². The largest absolute Gasteiger partial charge is 0.355 e. The van der Waals surface area contributed by atoms with Crippen LogP contribution in [0.15, 0.2) is 40.6 Å². The number of thiophene rings is 1. The summed E-state index contributed by atoms with van der Waals surface area (Å²) in [4.78, 5) is 12.9. The monoisotopic (exact) mass is 380 g/mol. The third-order valence-corrected chi connectivity index (χ3v) is 7.44. The van der Waals surface area contributed by atoms with E-state index in [9.17, 15) is 18.5 Å². The molecule has 1 aromatic heterocycles. The Morgan fingerprint density at radius 2 is 2.04 bits per heavy atom. The van der Waals surface area contributed by atoms with Gasteiger partial charge in [-0.2, -0.15) is 0 Å². The first-order chi connectivity index (χ1) is 11.9. The molecule has 0 spiro atoms. The Bertz CT molecular complexity index is 862. The van der Waals surface area contributed by atoms with Crippen LogP contribution < -0.4 is 4.90 Å². The van der Waals surface area contributed by atoms with Crippen LogP contribution in [0.3, 0.4) is 0 Å². The summed E-state index contributed by atoms with van der Waals surface area (Å²) in [6.07, 6.45) is 4.81. The predicted octanol–water partition coefficient (Wildman–Crippen LogP) is 3.66. The highest BCUT2D eigenvalue weighted by atomic mass is 32.2. The average molecular weight is 380 g/mol. The maximum absolute atomic E-state index is 11.8. The molecule has 1 unspecified atom stereocenters. The molecule has 3 rings (SSSR count). The van der Waals surface area contributed by atoms with Crippen LogP contribution in [-0.2, 0) is 16.3 Å². The van der Waals surface area contributed by atoms with Crippen LogP contribution in [0.5, 0.6) is 0 Å². The van der Waals surface area contributed by atoms with Crippen molar-refractivity contribution in [2.24, 2.45) is 0 Å². The molecule has 2 heterocycles. The van der Waals surface area contributed by atoms with E-state index >= 15 is 0 Å². The Morgan fingerprint density at radius 1 is 1.32 bits per heavy atom. The molecule has 1 saturated heterocycles. The van der Waals surface area contributed by atoms with Crippen LogP contribution in [0.4, 0.5) is 10.7 Å². The van der Waals surface area contributed by atoms with Gasteiger partial charge in [0, 0.05) is 24.9 Å². The van der Waals surface area contributed by atoms with Crippen molar-refractivity contribution in [1.29, 1.82) is 0 Å². The molecule has 6 nitrogen and oxygen atoms in total. The molecule has 0 saturated carbocycles. The summed E-state index contributed by atoms with van der Waals surface area (Å²) in [7, 11) is -3.45. The summed E-state index contributed by atoms with van der Waals surface area (Å²) in [5.74, 6) is 0. The number of benzene rings is 1. The van der Waals surface area contributed by atoms with Crippen LogP contribution in [0.1, 0.15) is 24.8 Å². The average Bonchev–Trinajstić information content (AvgIpc) is 3.19. The lowest BCUT2D eigenvalue weighted by Gasteiger charge is -2.24. The molecular weight excluding hydrogens is 360 g/mol. The fourth-order valence-electron chi connectivity index (χ4n) is 3.25. The number of nitrogens with zero attached hydrogens (tertiary/aromatic N) is 2. The molecule has 134 valence electrons. The first kappa shape index (κ1) is 17.9. The number of anilines is 1. The Morgan fingerprint density at radius 3 is 2.68 bits per heavy atom. The predicted molar refractivity (Wildman–Crippen MR) is 99.2 cm³/mol. The molecule has 0 N–H and O–H groups in total. The lowest BCUT2D eigenvalue weighted by Crippen LogP contribution is -2.29. The van der Waals surface area contributed by atoms with Crippen molar-refractivity contribution in [3.8, 4) is 0 Å². The van der Waals surface area contributed by atoms with E-state index < -0.39 is 14.8 Å². The minimum absolute atomic E-state index is 0.0582. The van der Waals surface area contributed by atoms with Gasteiger partial charge in [-0.25, -0.2) is 8.42 Å². The molecular formula is C17H20N2O4S2. The van der Waals surface area contributed by atoms with Crippen molar-refractivity contribution in [3.63, 3.8) is 0 Å². The molecule has 25 heavy (non-hydrogen) atoms. The second-order valence-corrected chi connectivity index (χ2v) is 9.57. The van der Waals surface area contributed by atoms with Crippen molar-refractivity contribution >= 4 is 31.9 Å². The van der Waals surface area contributed by atoms with Gasteiger partial charge in [-0.1, -0.05) is 41.7 Å². The zero-order valence-corrected chi connectivity index (χ0v) is 15.6. The number of nitro groups is 1. The van der Waals surface area contributed by atoms with E-state index in [0.29, 0.717) is 5.00 Å². The Kier molecular flexibility index (Phi) is 5.10.